The van der Waals surface area contributed by atoms with Gasteiger partial charge in [-0.05, 0) is 0 Å². The van der Waals surface area contributed by atoms with E-state index in [1.54, 1.807) is 6.20 Å². The van der Waals surface area contributed by atoms with Crippen molar-refractivity contribution in [2.45, 2.75) is 6.92 Å². The van der Waals surface area contributed by atoms with E-state index < -0.39 is 0 Å². The highest BCUT2D eigenvalue weighted by Crippen LogP contribution is 1.77. The lowest BCUT2D eigenvalue weighted by Gasteiger charge is -1.69. The van der Waals surface area contributed by atoms with Crippen molar-refractivity contribution >= 4 is 0 Å². The molecule has 0 aromatic carbocycles. The molecule has 0 unspecified atom stereocenters. The summed E-state index contributed by atoms with van der Waals surface area (Å²) in [7, 11) is 0. The van der Waals surface area contributed by atoms with Crippen molar-refractivity contribution < 1.29 is 5.10 Å². The van der Waals surface area contributed by atoms with Gasteiger partial charge in [-0.1, -0.05) is 0 Å². The average molecular weight is 96.1 g/mol. The maximum atomic E-state index is 3.67. The second kappa shape index (κ2) is 1.64. The fourth-order valence-electron chi connectivity index (χ4n) is 0.332. The Morgan fingerprint density at radius 3 is 2.86 bits per heavy atom. The van der Waals surface area contributed by atoms with Gasteiger partial charge >= 0.3 is 0 Å². The molecule has 0 atom stereocenters. The molecule has 0 bridgehead atoms. The fourth-order valence-corrected chi connectivity index (χ4v) is 0.332. The van der Waals surface area contributed by atoms with Crippen LogP contribution in [0.2, 0.25) is 0 Å². The molecule has 0 fully saturated rings. The normalized spacial score (nSPS) is 8.71. The number of H-pyrrole nitrogens is 1. The van der Waals surface area contributed by atoms with Crippen LogP contribution >= 0.6 is 0 Å². The van der Waals surface area contributed by atoms with Gasteiger partial charge in [-0.15, -0.1) is 0 Å². The first-order chi connectivity index (χ1) is 3.39. The molecule has 0 aliphatic carbocycles. The zero-order chi connectivity index (χ0) is 5.11. The van der Waals surface area contributed by atoms with Gasteiger partial charge in [0, 0.05) is 13.0 Å². The molecular formula is C4H6N3+. The van der Waals surface area contributed by atoms with E-state index in [-0.39, 0.29) is 0 Å². The fraction of sp³-hybridized carbons (Fsp3) is 0.250. The topological polar surface area (TPSA) is 39.9 Å². The summed E-state index contributed by atoms with van der Waals surface area (Å²) in [6.45, 7) is 1.89. The predicted octanol–water partition coefficient (Wildman–Crippen LogP) is -0.401. The molecule has 1 aromatic heterocycles. The summed E-state index contributed by atoms with van der Waals surface area (Å²) >= 11 is 0. The third-order valence-electron chi connectivity index (χ3n) is 0.665. The quantitative estimate of drug-likeness (QED) is 0.441. The van der Waals surface area contributed by atoms with E-state index in [1.807, 2.05) is 13.0 Å². The monoisotopic (exact) mass is 96.1 g/mol. The molecule has 3 heteroatoms. The molecule has 1 heterocycles. The molecule has 36 valence electrons. The number of nitrogens with one attached hydrogen (secondary N) is 1. The van der Waals surface area contributed by atoms with Crippen LogP contribution in [0.15, 0.2) is 12.3 Å². The third kappa shape index (κ3) is 0.924. The Bertz CT molecular complexity index is 137. The van der Waals surface area contributed by atoms with Gasteiger partial charge < -0.3 is 0 Å². The first-order valence-corrected chi connectivity index (χ1v) is 2.06. The van der Waals surface area contributed by atoms with Gasteiger partial charge in [0.2, 0.25) is 0 Å². The predicted molar refractivity (Wildman–Crippen MR) is 23.3 cm³/mol. The second-order valence-electron chi connectivity index (χ2n) is 1.30. The Morgan fingerprint density at radius 2 is 2.57 bits per heavy atom. The Kier molecular flexibility index (Phi) is 0.978. The lowest BCUT2D eigenvalue weighted by Crippen LogP contribution is -2.08. The van der Waals surface area contributed by atoms with E-state index in [9.17, 15) is 0 Å². The summed E-state index contributed by atoms with van der Waals surface area (Å²) in [5.74, 6) is 0. The summed E-state index contributed by atoms with van der Waals surface area (Å²) in [5, 5.41) is 9.75. The molecule has 1 N–H and O–H groups in total. The Hall–Kier alpha value is -0.990. The first-order valence-electron chi connectivity index (χ1n) is 2.06. The number of aromatic nitrogens is 3. The van der Waals surface area contributed by atoms with Crippen LogP contribution in [0.1, 0.15) is 5.69 Å². The SMILES string of the molecule is Cc1cc[nH+]nn1. The van der Waals surface area contributed by atoms with Crippen LogP contribution in [-0.4, -0.2) is 10.3 Å². The number of rotatable bonds is 0. The minimum absolute atomic E-state index is 0.929. The van der Waals surface area contributed by atoms with Crippen molar-refractivity contribution in [3.8, 4) is 0 Å². The number of aryl methyl sites for hydroxylation is 1. The summed E-state index contributed by atoms with van der Waals surface area (Å²) in [6, 6.07) is 1.85. The smallest absolute Gasteiger partial charge is 0.151 e. The van der Waals surface area contributed by atoms with Crippen molar-refractivity contribution in [2.75, 3.05) is 0 Å². The van der Waals surface area contributed by atoms with Gasteiger partial charge in [0.25, 0.3) is 0 Å². The van der Waals surface area contributed by atoms with Crippen LogP contribution in [0.25, 0.3) is 0 Å². The number of hydrogen-bond acceptors (Lipinski definition) is 2. The highest BCUT2D eigenvalue weighted by Gasteiger charge is 1.86. The molecule has 1 rings (SSSR count). The lowest BCUT2D eigenvalue weighted by molar-refractivity contribution is -0.464. The van der Waals surface area contributed by atoms with E-state index in [0.717, 1.165) is 5.69 Å². The molecule has 0 saturated carbocycles. The maximum Gasteiger partial charge on any atom is 0.181 e. The highest BCUT2D eigenvalue weighted by atomic mass is 15.3. The molecule has 0 spiro atoms. The summed E-state index contributed by atoms with van der Waals surface area (Å²) in [5.41, 5.74) is 0.929. The molecule has 0 amide bonds. The highest BCUT2D eigenvalue weighted by molar-refractivity contribution is 4.87. The second-order valence-corrected chi connectivity index (χ2v) is 1.30. The van der Waals surface area contributed by atoms with E-state index >= 15 is 0 Å². The molecule has 3 nitrogen and oxygen atoms in total. The van der Waals surface area contributed by atoms with E-state index in [2.05, 4.69) is 15.4 Å². The Balaban J connectivity index is 3.02. The molecule has 7 heavy (non-hydrogen) atoms. The minimum atomic E-state index is 0.929. The van der Waals surface area contributed by atoms with Gasteiger partial charge in [0.1, 0.15) is 11.4 Å². The van der Waals surface area contributed by atoms with Crippen LogP contribution < -0.4 is 5.10 Å². The van der Waals surface area contributed by atoms with Crippen molar-refractivity contribution in [1.29, 1.82) is 0 Å². The van der Waals surface area contributed by atoms with Gasteiger partial charge in [-0.25, -0.2) is 0 Å². The Labute approximate surface area is 41.4 Å². The average Bonchev–Trinajstić information content (AvgIpc) is 1.69. The molecule has 0 saturated heterocycles. The number of hydrogen-bond donors (Lipinski definition) is 0. The van der Waals surface area contributed by atoms with Crippen molar-refractivity contribution in [1.82, 2.24) is 10.3 Å². The first kappa shape index (κ1) is 4.18. The third-order valence-corrected chi connectivity index (χ3v) is 0.665. The van der Waals surface area contributed by atoms with Crippen LogP contribution in [0.5, 0.6) is 0 Å². The van der Waals surface area contributed by atoms with Crippen molar-refractivity contribution in [2.24, 2.45) is 0 Å². The van der Waals surface area contributed by atoms with Crippen LogP contribution in [-0.2, 0) is 0 Å². The van der Waals surface area contributed by atoms with Crippen LogP contribution in [0.3, 0.4) is 0 Å². The summed E-state index contributed by atoms with van der Waals surface area (Å²) in [4.78, 5) is 0. The van der Waals surface area contributed by atoms with Crippen LogP contribution in [0, 0.1) is 6.92 Å². The standard InChI is InChI=1S/C4H5N3/c1-4-2-3-5-7-6-4/h2-3H,1H3/p+1. The summed E-state index contributed by atoms with van der Waals surface area (Å²) in [6.07, 6.45) is 1.74. The molecule has 0 aliphatic rings. The molecular weight excluding hydrogens is 90.1 g/mol. The summed E-state index contributed by atoms with van der Waals surface area (Å²) < 4.78 is 0. The number of aromatic amines is 1. The zero-order valence-corrected chi connectivity index (χ0v) is 4.05. The van der Waals surface area contributed by atoms with E-state index in [1.165, 1.54) is 0 Å². The van der Waals surface area contributed by atoms with E-state index in [0.29, 0.717) is 0 Å². The van der Waals surface area contributed by atoms with Crippen LogP contribution in [0.4, 0.5) is 0 Å². The lowest BCUT2D eigenvalue weighted by atomic mass is 10.5. The maximum absolute atomic E-state index is 3.67. The van der Waals surface area contributed by atoms with Gasteiger partial charge in [-0.3, -0.25) is 0 Å². The van der Waals surface area contributed by atoms with Gasteiger partial charge in [-0.2, -0.15) is 5.10 Å². The number of nitrogens with zero attached hydrogens (tertiary/aromatic N) is 2. The van der Waals surface area contributed by atoms with E-state index in [4.69, 9.17) is 0 Å². The Morgan fingerprint density at radius 1 is 1.71 bits per heavy atom. The minimum Gasteiger partial charge on any atom is -0.151 e. The largest absolute Gasteiger partial charge is 0.181 e. The molecule has 0 aliphatic heterocycles. The van der Waals surface area contributed by atoms with Crippen molar-refractivity contribution in [3.05, 3.63) is 18.0 Å². The molecule has 0 radical (unpaired) electrons. The van der Waals surface area contributed by atoms with Gasteiger partial charge in [0.15, 0.2) is 5.69 Å². The zero-order valence-electron chi connectivity index (χ0n) is 4.05. The van der Waals surface area contributed by atoms with Crippen molar-refractivity contribution in [3.63, 3.8) is 0 Å². The molecule has 1 aromatic rings. The van der Waals surface area contributed by atoms with Gasteiger partial charge in [0.05, 0.1) is 5.10 Å².